The lowest BCUT2D eigenvalue weighted by Gasteiger charge is -2.11. The Hall–Kier alpha value is -1.11. The molecule has 0 aliphatic rings. The zero-order chi connectivity index (χ0) is 12.0. The van der Waals surface area contributed by atoms with Crippen LogP contribution in [0.5, 0.6) is 0 Å². The summed E-state index contributed by atoms with van der Waals surface area (Å²) in [4.78, 5) is 11.5. The van der Waals surface area contributed by atoms with Gasteiger partial charge in [0.1, 0.15) is 0 Å². The fraction of sp³-hybridized carbons (Fsp3) is 0.778. The third-order valence-electron chi connectivity index (χ3n) is 2.04. The van der Waals surface area contributed by atoms with Crippen LogP contribution in [0.1, 0.15) is 26.7 Å². The molecule has 7 heteroatoms. The summed E-state index contributed by atoms with van der Waals surface area (Å²) in [6, 6.07) is 0.232. The lowest BCUT2D eigenvalue weighted by atomic mass is 10.2. The molecule has 0 saturated carbocycles. The van der Waals surface area contributed by atoms with Gasteiger partial charge in [-0.15, -0.1) is 5.10 Å². The number of carbonyl (C=O) groups is 1. The van der Waals surface area contributed by atoms with E-state index in [-0.39, 0.29) is 11.9 Å². The van der Waals surface area contributed by atoms with E-state index in [0.29, 0.717) is 10.9 Å². The summed E-state index contributed by atoms with van der Waals surface area (Å²) in [6.07, 6.45) is 2.07. The quantitative estimate of drug-likeness (QED) is 0.741. The fourth-order valence-electron chi connectivity index (χ4n) is 1.30. The lowest BCUT2D eigenvalue weighted by Crippen LogP contribution is -2.33. The molecule has 1 aromatic heterocycles. The topological polar surface area (TPSA) is 72.7 Å². The second-order valence-corrected chi connectivity index (χ2v) is 4.57. The molecule has 1 amide bonds. The molecule has 6 nitrogen and oxygen atoms in total. The van der Waals surface area contributed by atoms with Crippen molar-refractivity contribution in [1.82, 2.24) is 25.5 Å². The van der Waals surface area contributed by atoms with Crippen LogP contribution < -0.4 is 5.32 Å². The third kappa shape index (κ3) is 4.18. The number of aromatic nitrogens is 4. The van der Waals surface area contributed by atoms with Gasteiger partial charge < -0.3 is 5.32 Å². The van der Waals surface area contributed by atoms with Crippen LogP contribution in [0.3, 0.4) is 0 Å². The smallest absolute Gasteiger partial charge is 0.230 e. The van der Waals surface area contributed by atoms with Gasteiger partial charge in [-0.2, -0.15) is 0 Å². The molecule has 0 spiro atoms. The molecule has 0 aliphatic heterocycles. The number of rotatable bonds is 6. The van der Waals surface area contributed by atoms with Crippen LogP contribution >= 0.6 is 11.8 Å². The highest BCUT2D eigenvalue weighted by molar-refractivity contribution is 7.99. The maximum absolute atomic E-state index is 11.5. The molecule has 1 aromatic rings. The van der Waals surface area contributed by atoms with E-state index in [1.165, 1.54) is 11.8 Å². The summed E-state index contributed by atoms with van der Waals surface area (Å²) < 4.78 is 1.55. The molecule has 1 unspecified atom stereocenters. The number of hydrogen-bond acceptors (Lipinski definition) is 5. The average molecular weight is 243 g/mol. The zero-order valence-corrected chi connectivity index (χ0v) is 10.6. The van der Waals surface area contributed by atoms with E-state index in [9.17, 15) is 4.79 Å². The third-order valence-corrected chi connectivity index (χ3v) is 3.05. The molecule has 1 rings (SSSR count). The maximum atomic E-state index is 11.5. The Morgan fingerprint density at radius 2 is 2.38 bits per heavy atom. The number of nitrogens with one attached hydrogen (secondary N) is 1. The van der Waals surface area contributed by atoms with Crippen molar-refractivity contribution in [3.05, 3.63) is 0 Å². The molecular formula is C9H17N5OS. The Balaban J connectivity index is 2.28. The first-order chi connectivity index (χ1) is 7.63. The minimum Gasteiger partial charge on any atom is -0.353 e. The number of tetrazole rings is 1. The van der Waals surface area contributed by atoms with Crippen LogP contribution in [0, 0.1) is 0 Å². The van der Waals surface area contributed by atoms with Gasteiger partial charge in [0.25, 0.3) is 0 Å². The van der Waals surface area contributed by atoms with Crippen LogP contribution in [0.4, 0.5) is 0 Å². The molecule has 1 heterocycles. The Kier molecular flexibility index (Phi) is 5.24. The molecule has 90 valence electrons. The van der Waals surface area contributed by atoms with Gasteiger partial charge in [0, 0.05) is 13.1 Å². The highest BCUT2D eigenvalue weighted by Gasteiger charge is 2.09. The Bertz CT molecular complexity index is 340. The number of carbonyl (C=O) groups excluding carboxylic acids is 1. The Morgan fingerprint density at radius 1 is 1.62 bits per heavy atom. The van der Waals surface area contributed by atoms with Crippen molar-refractivity contribution in [2.75, 3.05) is 5.75 Å². The lowest BCUT2D eigenvalue weighted by molar-refractivity contribution is -0.119. The van der Waals surface area contributed by atoms with Crippen molar-refractivity contribution in [3.63, 3.8) is 0 Å². The zero-order valence-electron chi connectivity index (χ0n) is 9.80. The highest BCUT2D eigenvalue weighted by atomic mass is 32.2. The van der Waals surface area contributed by atoms with Gasteiger partial charge in [-0.25, -0.2) is 4.68 Å². The number of amides is 1. The highest BCUT2D eigenvalue weighted by Crippen LogP contribution is 2.11. The van der Waals surface area contributed by atoms with Gasteiger partial charge in [-0.05, 0) is 23.8 Å². The molecular weight excluding hydrogens is 226 g/mol. The molecule has 1 N–H and O–H groups in total. The molecule has 16 heavy (non-hydrogen) atoms. The van der Waals surface area contributed by atoms with Gasteiger partial charge in [0.05, 0.1) is 5.75 Å². The summed E-state index contributed by atoms with van der Waals surface area (Å²) in [5.74, 6) is 0.372. The van der Waals surface area contributed by atoms with Crippen LogP contribution in [-0.2, 0) is 11.8 Å². The maximum Gasteiger partial charge on any atom is 0.230 e. The van der Waals surface area contributed by atoms with Crippen molar-refractivity contribution >= 4 is 17.7 Å². The largest absolute Gasteiger partial charge is 0.353 e. The van der Waals surface area contributed by atoms with Crippen molar-refractivity contribution in [2.45, 2.75) is 37.9 Å². The van der Waals surface area contributed by atoms with Crippen LogP contribution in [-0.4, -0.2) is 37.9 Å². The molecule has 0 saturated heterocycles. The molecule has 0 radical (unpaired) electrons. The Morgan fingerprint density at radius 3 is 2.94 bits per heavy atom. The minimum absolute atomic E-state index is 0.0222. The SMILES string of the molecule is CCCC(C)NC(=O)CSc1nnnn1C. The van der Waals surface area contributed by atoms with Gasteiger partial charge in [-0.1, -0.05) is 25.1 Å². The van der Waals surface area contributed by atoms with E-state index in [1.807, 2.05) is 6.92 Å². The van der Waals surface area contributed by atoms with E-state index in [4.69, 9.17) is 0 Å². The van der Waals surface area contributed by atoms with Crippen molar-refractivity contribution in [2.24, 2.45) is 7.05 Å². The first-order valence-electron chi connectivity index (χ1n) is 5.28. The second kappa shape index (κ2) is 6.47. The summed E-state index contributed by atoms with van der Waals surface area (Å²) in [6.45, 7) is 4.11. The van der Waals surface area contributed by atoms with Crippen molar-refractivity contribution in [1.29, 1.82) is 0 Å². The van der Waals surface area contributed by atoms with Crippen molar-refractivity contribution in [3.8, 4) is 0 Å². The first kappa shape index (κ1) is 13.0. The normalized spacial score (nSPS) is 12.4. The van der Waals surface area contributed by atoms with E-state index >= 15 is 0 Å². The summed E-state index contributed by atoms with van der Waals surface area (Å²) in [5, 5.41) is 14.6. The summed E-state index contributed by atoms with van der Waals surface area (Å²) in [5.41, 5.74) is 0. The van der Waals surface area contributed by atoms with E-state index < -0.39 is 0 Å². The molecule has 1 atom stereocenters. The molecule has 0 fully saturated rings. The second-order valence-electron chi connectivity index (χ2n) is 3.63. The number of thioether (sulfide) groups is 1. The van der Waals surface area contributed by atoms with Crippen LogP contribution in [0.2, 0.25) is 0 Å². The van der Waals surface area contributed by atoms with Crippen LogP contribution in [0.15, 0.2) is 5.16 Å². The van der Waals surface area contributed by atoms with Gasteiger partial charge in [-0.3, -0.25) is 4.79 Å². The monoisotopic (exact) mass is 243 g/mol. The van der Waals surface area contributed by atoms with Gasteiger partial charge >= 0.3 is 0 Å². The van der Waals surface area contributed by atoms with E-state index in [2.05, 4.69) is 27.8 Å². The van der Waals surface area contributed by atoms with E-state index in [0.717, 1.165) is 12.8 Å². The van der Waals surface area contributed by atoms with Crippen molar-refractivity contribution < 1.29 is 4.79 Å². The predicted molar refractivity (Wildman–Crippen MR) is 62.0 cm³/mol. The molecule has 0 bridgehead atoms. The summed E-state index contributed by atoms with van der Waals surface area (Å²) >= 11 is 1.34. The van der Waals surface area contributed by atoms with E-state index in [1.54, 1.807) is 11.7 Å². The van der Waals surface area contributed by atoms with Gasteiger partial charge in [0.2, 0.25) is 11.1 Å². The predicted octanol–water partition coefficient (Wildman–Crippen LogP) is 0.607. The number of aryl methyl sites for hydroxylation is 1. The number of hydrogen-bond donors (Lipinski definition) is 1. The number of nitrogens with zero attached hydrogens (tertiary/aromatic N) is 4. The van der Waals surface area contributed by atoms with Crippen LogP contribution in [0.25, 0.3) is 0 Å². The molecule has 0 aromatic carbocycles. The first-order valence-corrected chi connectivity index (χ1v) is 6.26. The van der Waals surface area contributed by atoms with Gasteiger partial charge in [0.15, 0.2) is 0 Å². The summed E-state index contributed by atoms with van der Waals surface area (Å²) in [7, 11) is 1.75. The fourth-order valence-corrected chi connectivity index (χ4v) is 1.96. The average Bonchev–Trinajstić information content (AvgIpc) is 2.61. The minimum atomic E-state index is 0.0222. The Labute approximate surface area is 99.2 Å². The molecule has 0 aliphatic carbocycles. The standard InChI is InChI=1S/C9H17N5OS/c1-4-5-7(2)10-8(15)6-16-9-11-12-13-14(9)3/h7H,4-6H2,1-3H3,(H,10,15).